The van der Waals surface area contributed by atoms with Gasteiger partial charge >= 0.3 is 0 Å². The lowest BCUT2D eigenvalue weighted by Gasteiger charge is -2.10. The average molecular weight is 241 g/mol. The molecule has 0 spiro atoms. The molecule has 88 valence electrons. The summed E-state index contributed by atoms with van der Waals surface area (Å²) in [5, 5.41) is 8.61. The predicted octanol–water partition coefficient (Wildman–Crippen LogP) is 2.31. The van der Waals surface area contributed by atoms with E-state index in [1.54, 1.807) is 12.1 Å². The molecule has 3 nitrogen and oxygen atoms in total. The Morgan fingerprint density at radius 3 is 2.38 bits per heavy atom. The first-order valence-corrected chi connectivity index (χ1v) is 5.00. The lowest BCUT2D eigenvalue weighted by atomic mass is 10.2. The molecular weight excluding hydrogens is 224 g/mol. The van der Waals surface area contributed by atoms with E-state index in [0.29, 0.717) is 12.2 Å². The zero-order chi connectivity index (χ0) is 11.1. The molecule has 0 amide bonds. The second-order valence-electron chi connectivity index (χ2n) is 3.64. The number of rotatable bonds is 5. The van der Waals surface area contributed by atoms with Crippen molar-refractivity contribution in [3.63, 3.8) is 0 Å². The van der Waals surface area contributed by atoms with Crippen LogP contribution in [0.1, 0.15) is 12.0 Å². The third kappa shape index (κ3) is 5.59. The zero-order valence-electron chi connectivity index (χ0n) is 9.64. The van der Waals surface area contributed by atoms with Gasteiger partial charge in [0.05, 0.1) is 18.2 Å². The third-order valence-electron chi connectivity index (χ3n) is 2.00. The molecule has 0 bridgehead atoms. The highest BCUT2D eigenvalue weighted by Crippen LogP contribution is 2.11. The summed E-state index contributed by atoms with van der Waals surface area (Å²) in [6.07, 6.45) is 1.01. The predicted molar refractivity (Wildman–Crippen MR) is 67.1 cm³/mol. The normalized spacial score (nSPS) is 9.38. The molecule has 16 heavy (non-hydrogen) atoms. The highest BCUT2D eigenvalue weighted by atomic mass is 35.5. The Kier molecular flexibility index (Phi) is 7.36. The van der Waals surface area contributed by atoms with E-state index in [1.807, 2.05) is 26.2 Å². The van der Waals surface area contributed by atoms with E-state index < -0.39 is 0 Å². The highest BCUT2D eigenvalue weighted by molar-refractivity contribution is 5.85. The SMILES string of the molecule is CN(C)CCCOc1ccc(C#N)cc1.Cl. The van der Waals surface area contributed by atoms with E-state index >= 15 is 0 Å². The maximum Gasteiger partial charge on any atom is 0.119 e. The van der Waals surface area contributed by atoms with Gasteiger partial charge in [0.15, 0.2) is 0 Å². The minimum Gasteiger partial charge on any atom is -0.494 e. The molecule has 0 aliphatic rings. The molecule has 0 saturated carbocycles. The van der Waals surface area contributed by atoms with Crippen molar-refractivity contribution in [2.45, 2.75) is 6.42 Å². The number of halogens is 1. The summed E-state index contributed by atoms with van der Waals surface area (Å²) in [6.45, 7) is 1.74. The standard InChI is InChI=1S/C12H16N2O.ClH/c1-14(2)8-3-9-15-12-6-4-11(10-13)5-7-12;/h4-7H,3,8-9H2,1-2H3;1H. The van der Waals surface area contributed by atoms with Gasteiger partial charge in [-0.3, -0.25) is 0 Å². The minimum absolute atomic E-state index is 0. The second-order valence-corrected chi connectivity index (χ2v) is 3.64. The molecule has 0 fully saturated rings. The topological polar surface area (TPSA) is 36.3 Å². The highest BCUT2D eigenvalue weighted by Gasteiger charge is 1.95. The van der Waals surface area contributed by atoms with Gasteiger partial charge in [0, 0.05) is 6.54 Å². The molecule has 4 heteroatoms. The molecule has 0 aliphatic heterocycles. The Bertz CT molecular complexity index is 330. The van der Waals surface area contributed by atoms with E-state index in [1.165, 1.54) is 0 Å². The van der Waals surface area contributed by atoms with Gasteiger partial charge in [0.2, 0.25) is 0 Å². The van der Waals surface area contributed by atoms with E-state index in [4.69, 9.17) is 10.00 Å². The number of nitrogens with zero attached hydrogens (tertiary/aromatic N) is 2. The Balaban J connectivity index is 0.00000225. The van der Waals surface area contributed by atoms with Crippen LogP contribution in [-0.4, -0.2) is 32.1 Å². The van der Waals surface area contributed by atoms with E-state index in [0.717, 1.165) is 18.7 Å². The molecule has 0 heterocycles. The van der Waals surface area contributed by atoms with Crippen molar-refractivity contribution < 1.29 is 4.74 Å². The Hall–Kier alpha value is -1.24. The molecule has 1 rings (SSSR count). The van der Waals surface area contributed by atoms with Crippen LogP contribution in [0.5, 0.6) is 5.75 Å². The molecular formula is C12H17ClN2O. The van der Waals surface area contributed by atoms with Crippen LogP contribution in [-0.2, 0) is 0 Å². The van der Waals surface area contributed by atoms with Crippen molar-refractivity contribution in [1.29, 1.82) is 5.26 Å². The Labute approximate surface area is 103 Å². The van der Waals surface area contributed by atoms with Crippen LogP contribution in [0.25, 0.3) is 0 Å². The smallest absolute Gasteiger partial charge is 0.119 e. The van der Waals surface area contributed by atoms with Crippen LogP contribution in [0.15, 0.2) is 24.3 Å². The van der Waals surface area contributed by atoms with Crippen LogP contribution in [0.4, 0.5) is 0 Å². The van der Waals surface area contributed by atoms with Gasteiger partial charge in [-0.2, -0.15) is 5.26 Å². The first-order chi connectivity index (χ1) is 7.22. The van der Waals surface area contributed by atoms with Crippen molar-refractivity contribution in [2.75, 3.05) is 27.2 Å². The lowest BCUT2D eigenvalue weighted by Crippen LogP contribution is -2.15. The monoisotopic (exact) mass is 240 g/mol. The average Bonchev–Trinajstić information content (AvgIpc) is 2.25. The maximum atomic E-state index is 8.61. The van der Waals surface area contributed by atoms with Crippen LogP contribution < -0.4 is 4.74 Å². The van der Waals surface area contributed by atoms with Crippen molar-refractivity contribution in [3.05, 3.63) is 29.8 Å². The minimum atomic E-state index is 0. The summed E-state index contributed by atoms with van der Waals surface area (Å²) in [6, 6.07) is 9.26. The number of nitriles is 1. The fourth-order valence-electron chi connectivity index (χ4n) is 1.20. The second kappa shape index (κ2) is 7.98. The van der Waals surface area contributed by atoms with Gasteiger partial charge in [0.25, 0.3) is 0 Å². The summed E-state index contributed by atoms with van der Waals surface area (Å²) in [7, 11) is 4.09. The lowest BCUT2D eigenvalue weighted by molar-refractivity contribution is 0.281. The van der Waals surface area contributed by atoms with Gasteiger partial charge in [-0.05, 0) is 44.8 Å². The van der Waals surface area contributed by atoms with Crippen molar-refractivity contribution in [3.8, 4) is 11.8 Å². The van der Waals surface area contributed by atoms with Crippen LogP contribution >= 0.6 is 12.4 Å². The Morgan fingerprint density at radius 2 is 1.88 bits per heavy atom. The van der Waals surface area contributed by atoms with Crippen molar-refractivity contribution in [1.82, 2.24) is 4.90 Å². The molecule has 1 aromatic rings. The van der Waals surface area contributed by atoms with E-state index in [9.17, 15) is 0 Å². The molecule has 0 atom stereocenters. The van der Waals surface area contributed by atoms with Crippen molar-refractivity contribution in [2.24, 2.45) is 0 Å². The van der Waals surface area contributed by atoms with Crippen LogP contribution in [0.3, 0.4) is 0 Å². The van der Waals surface area contributed by atoms with Gasteiger partial charge in [0.1, 0.15) is 5.75 Å². The quantitative estimate of drug-likeness (QED) is 0.741. The zero-order valence-corrected chi connectivity index (χ0v) is 10.5. The molecule has 0 saturated heterocycles. The fraction of sp³-hybridized carbons (Fsp3) is 0.417. The maximum absolute atomic E-state index is 8.61. The summed E-state index contributed by atoms with van der Waals surface area (Å²) in [4.78, 5) is 2.13. The fourth-order valence-corrected chi connectivity index (χ4v) is 1.20. The molecule has 0 N–H and O–H groups in total. The molecule has 0 unspecified atom stereocenters. The molecule has 0 radical (unpaired) electrons. The van der Waals surface area contributed by atoms with Gasteiger partial charge < -0.3 is 9.64 Å². The number of hydrogen-bond acceptors (Lipinski definition) is 3. The van der Waals surface area contributed by atoms with Gasteiger partial charge in [-0.1, -0.05) is 0 Å². The Morgan fingerprint density at radius 1 is 1.25 bits per heavy atom. The van der Waals surface area contributed by atoms with Gasteiger partial charge in [-0.25, -0.2) is 0 Å². The summed E-state index contributed by atoms with van der Waals surface area (Å²) in [5.41, 5.74) is 0.663. The van der Waals surface area contributed by atoms with E-state index in [2.05, 4.69) is 11.0 Å². The molecule has 1 aromatic carbocycles. The summed E-state index contributed by atoms with van der Waals surface area (Å²) >= 11 is 0. The summed E-state index contributed by atoms with van der Waals surface area (Å²) < 4.78 is 5.52. The third-order valence-corrected chi connectivity index (χ3v) is 2.00. The van der Waals surface area contributed by atoms with Crippen molar-refractivity contribution >= 4 is 12.4 Å². The van der Waals surface area contributed by atoms with Crippen LogP contribution in [0.2, 0.25) is 0 Å². The number of benzene rings is 1. The molecule has 0 aromatic heterocycles. The summed E-state index contributed by atoms with van der Waals surface area (Å²) in [5.74, 6) is 0.827. The van der Waals surface area contributed by atoms with Gasteiger partial charge in [-0.15, -0.1) is 12.4 Å². The largest absolute Gasteiger partial charge is 0.494 e. The first-order valence-electron chi connectivity index (χ1n) is 5.00. The van der Waals surface area contributed by atoms with Crippen LogP contribution in [0, 0.1) is 11.3 Å². The first kappa shape index (κ1) is 14.8. The van der Waals surface area contributed by atoms with E-state index in [-0.39, 0.29) is 12.4 Å². The number of hydrogen-bond donors (Lipinski definition) is 0. The number of ether oxygens (including phenoxy) is 1. The molecule has 0 aliphatic carbocycles.